The average Bonchev–Trinajstić information content (AvgIpc) is 2.86. The third kappa shape index (κ3) is 5.96. The van der Waals surface area contributed by atoms with Crippen LogP contribution in [-0.4, -0.2) is 20.4 Å². The third-order valence-electron chi connectivity index (χ3n) is 7.64. The first-order valence-electron chi connectivity index (χ1n) is 12.8. The van der Waals surface area contributed by atoms with Gasteiger partial charge >= 0.3 is 0 Å². The quantitative estimate of drug-likeness (QED) is 0.223. The van der Waals surface area contributed by atoms with Gasteiger partial charge in [-0.15, -0.1) is 0 Å². The number of phenols is 4. The molecule has 0 bridgehead atoms. The van der Waals surface area contributed by atoms with E-state index in [1.54, 1.807) is 24.3 Å². The van der Waals surface area contributed by atoms with Crippen molar-refractivity contribution in [3.8, 4) is 23.0 Å². The van der Waals surface area contributed by atoms with E-state index in [2.05, 4.69) is 27.7 Å². The first kappa shape index (κ1) is 28.6. The van der Waals surface area contributed by atoms with E-state index in [0.29, 0.717) is 17.2 Å². The van der Waals surface area contributed by atoms with E-state index in [9.17, 15) is 20.4 Å². The molecule has 200 valence electrons. The second-order valence-electron chi connectivity index (χ2n) is 11.3. The number of benzene rings is 4. The zero-order chi connectivity index (χ0) is 28.4. The first-order valence-corrected chi connectivity index (χ1v) is 12.8. The highest BCUT2D eigenvalue weighted by atomic mass is 16.3. The topological polar surface area (TPSA) is 80.9 Å². The predicted octanol–water partition coefficient (Wildman–Crippen LogP) is 8.08. The van der Waals surface area contributed by atoms with Gasteiger partial charge in [-0.25, -0.2) is 0 Å². The van der Waals surface area contributed by atoms with Gasteiger partial charge in [0.1, 0.15) is 23.0 Å². The summed E-state index contributed by atoms with van der Waals surface area (Å²) in [5.41, 5.74) is 7.78. The van der Waals surface area contributed by atoms with Gasteiger partial charge in [0.15, 0.2) is 0 Å². The lowest BCUT2D eigenvalue weighted by atomic mass is 9.77. The van der Waals surface area contributed by atoms with Crippen molar-refractivity contribution < 1.29 is 20.4 Å². The van der Waals surface area contributed by atoms with Crippen LogP contribution < -0.4 is 0 Å². The lowest BCUT2D eigenvalue weighted by Gasteiger charge is -2.27. The first-order chi connectivity index (χ1) is 17.6. The summed E-state index contributed by atoms with van der Waals surface area (Å²) in [4.78, 5) is 0. The van der Waals surface area contributed by atoms with E-state index in [-0.39, 0.29) is 16.6 Å². The molecule has 4 heteroatoms. The van der Waals surface area contributed by atoms with Gasteiger partial charge < -0.3 is 20.4 Å². The van der Waals surface area contributed by atoms with Crippen LogP contribution in [0.4, 0.5) is 0 Å². The largest absolute Gasteiger partial charge is 0.508 e. The van der Waals surface area contributed by atoms with Gasteiger partial charge in [0.05, 0.1) is 0 Å². The Morgan fingerprint density at radius 2 is 0.763 bits per heavy atom. The normalized spacial score (nSPS) is 11.6. The minimum absolute atomic E-state index is 0.170. The fraction of sp³-hybridized carbons (Fsp3) is 0.294. The van der Waals surface area contributed by atoms with Crippen LogP contribution in [0.3, 0.4) is 0 Å². The molecule has 4 nitrogen and oxygen atoms in total. The Hall–Kier alpha value is -3.92. The molecule has 0 heterocycles. The Balaban J connectivity index is 0.000000211. The maximum atomic E-state index is 9.87. The molecule has 0 aliphatic heterocycles. The molecule has 0 aliphatic rings. The smallest absolute Gasteiger partial charge is 0.121 e. The Morgan fingerprint density at radius 1 is 0.421 bits per heavy atom. The van der Waals surface area contributed by atoms with E-state index in [0.717, 1.165) is 44.5 Å². The summed E-state index contributed by atoms with van der Waals surface area (Å²) in [5, 5.41) is 38.5. The van der Waals surface area contributed by atoms with Crippen LogP contribution in [-0.2, 0) is 10.8 Å². The zero-order valence-corrected chi connectivity index (χ0v) is 23.7. The summed E-state index contributed by atoms with van der Waals surface area (Å²) in [6, 6.07) is 22.7. The minimum atomic E-state index is -0.170. The second-order valence-corrected chi connectivity index (χ2v) is 11.3. The van der Waals surface area contributed by atoms with Crippen molar-refractivity contribution in [3.05, 3.63) is 117 Å². The van der Waals surface area contributed by atoms with Gasteiger partial charge in [0.2, 0.25) is 0 Å². The molecule has 0 spiro atoms. The molecule has 0 aromatic heterocycles. The highest BCUT2D eigenvalue weighted by Gasteiger charge is 2.25. The highest BCUT2D eigenvalue weighted by molar-refractivity contribution is 5.49. The molecule has 4 aromatic carbocycles. The van der Waals surface area contributed by atoms with Crippen molar-refractivity contribution in [1.29, 1.82) is 0 Å². The third-order valence-corrected chi connectivity index (χ3v) is 7.64. The fourth-order valence-corrected chi connectivity index (χ4v) is 4.62. The molecule has 0 aliphatic carbocycles. The van der Waals surface area contributed by atoms with E-state index in [4.69, 9.17) is 0 Å². The van der Waals surface area contributed by atoms with Gasteiger partial charge in [-0.05, 0) is 96.5 Å². The maximum Gasteiger partial charge on any atom is 0.121 e. The molecule has 4 N–H and O–H groups in total. The summed E-state index contributed by atoms with van der Waals surface area (Å²) in [5.74, 6) is 1.28. The predicted molar refractivity (Wildman–Crippen MR) is 156 cm³/mol. The number of hydrogen-bond donors (Lipinski definition) is 4. The monoisotopic (exact) mass is 512 g/mol. The van der Waals surface area contributed by atoms with E-state index in [1.807, 2.05) is 76.2 Å². The average molecular weight is 513 g/mol. The number of aryl methyl sites for hydroxylation is 4. The molecule has 4 aromatic rings. The number of aromatic hydroxyl groups is 4. The molecule has 0 amide bonds. The van der Waals surface area contributed by atoms with Gasteiger partial charge in [-0.3, -0.25) is 0 Å². The zero-order valence-electron chi connectivity index (χ0n) is 23.7. The Labute approximate surface area is 226 Å². The lowest BCUT2D eigenvalue weighted by Crippen LogP contribution is -2.19. The molecular formula is C34H40O4. The molecule has 4 rings (SSSR count). The fourth-order valence-electron chi connectivity index (χ4n) is 4.62. The van der Waals surface area contributed by atoms with Gasteiger partial charge in [-0.2, -0.15) is 0 Å². The van der Waals surface area contributed by atoms with Crippen molar-refractivity contribution in [3.63, 3.8) is 0 Å². The maximum absolute atomic E-state index is 9.87. The molecule has 38 heavy (non-hydrogen) atoms. The SMILES string of the molecule is Cc1cc(C(C)(C)c2ccc(O)c(C)c2)ccc1O.Cc1cc(C(C)(C)c2ccc(O)cc2)cc(C)c1O. The highest BCUT2D eigenvalue weighted by Crippen LogP contribution is 2.37. The van der Waals surface area contributed by atoms with Crippen LogP contribution in [0.2, 0.25) is 0 Å². The summed E-state index contributed by atoms with van der Waals surface area (Å²) in [7, 11) is 0. The molecular weight excluding hydrogens is 472 g/mol. The summed E-state index contributed by atoms with van der Waals surface area (Å²) < 4.78 is 0. The number of rotatable bonds is 4. The van der Waals surface area contributed by atoms with E-state index in [1.165, 1.54) is 0 Å². The van der Waals surface area contributed by atoms with Gasteiger partial charge in [-0.1, -0.05) is 76.2 Å². The Bertz CT molecular complexity index is 1350. The Kier molecular flexibility index (Phi) is 8.16. The second kappa shape index (κ2) is 10.8. The summed E-state index contributed by atoms with van der Waals surface area (Å²) >= 11 is 0. The summed E-state index contributed by atoms with van der Waals surface area (Å²) in [6.07, 6.45) is 0. The number of phenolic OH excluding ortho intramolecular Hbond substituents is 4. The molecule has 0 atom stereocenters. The van der Waals surface area contributed by atoms with Gasteiger partial charge in [0.25, 0.3) is 0 Å². The Morgan fingerprint density at radius 3 is 1.16 bits per heavy atom. The minimum Gasteiger partial charge on any atom is -0.508 e. The molecule has 0 radical (unpaired) electrons. The summed E-state index contributed by atoms with van der Waals surface area (Å²) in [6.45, 7) is 16.2. The van der Waals surface area contributed by atoms with Crippen LogP contribution >= 0.6 is 0 Å². The lowest BCUT2D eigenvalue weighted by molar-refractivity contribution is 0.465. The van der Waals surface area contributed by atoms with Crippen LogP contribution in [0.5, 0.6) is 23.0 Å². The van der Waals surface area contributed by atoms with Crippen LogP contribution in [0.1, 0.15) is 72.2 Å². The van der Waals surface area contributed by atoms with Crippen LogP contribution in [0.25, 0.3) is 0 Å². The molecule has 0 fully saturated rings. The van der Waals surface area contributed by atoms with Crippen molar-refractivity contribution in [2.24, 2.45) is 0 Å². The van der Waals surface area contributed by atoms with E-state index >= 15 is 0 Å². The van der Waals surface area contributed by atoms with Crippen molar-refractivity contribution in [2.75, 3.05) is 0 Å². The van der Waals surface area contributed by atoms with Crippen molar-refractivity contribution >= 4 is 0 Å². The molecule has 0 saturated heterocycles. The van der Waals surface area contributed by atoms with E-state index < -0.39 is 0 Å². The van der Waals surface area contributed by atoms with Crippen molar-refractivity contribution in [2.45, 2.75) is 66.2 Å². The van der Waals surface area contributed by atoms with Crippen LogP contribution in [0, 0.1) is 27.7 Å². The van der Waals surface area contributed by atoms with Gasteiger partial charge in [0, 0.05) is 10.8 Å². The standard InChI is InChI=1S/2C17H20O2/c1-11-9-13(5-7-15(11)18)17(3,4)14-6-8-16(19)12(2)10-14;1-11-9-14(10-12(2)16(11)19)17(3,4)13-5-7-15(18)8-6-13/h2*5-10,18-19H,1-4H3. The molecule has 0 saturated carbocycles. The van der Waals surface area contributed by atoms with Crippen molar-refractivity contribution in [1.82, 2.24) is 0 Å². The number of hydrogen-bond acceptors (Lipinski definition) is 4. The molecule has 0 unspecified atom stereocenters. The van der Waals surface area contributed by atoms with Crippen LogP contribution in [0.15, 0.2) is 72.8 Å².